The SMILES string of the molecule is CC(C)c1nc2ccc(C(O)CNC3CCNCC3)cc2[nH]1. The molecule has 22 heavy (non-hydrogen) atoms. The van der Waals surface area contributed by atoms with E-state index in [4.69, 9.17) is 0 Å². The number of aromatic nitrogens is 2. The molecule has 1 aromatic carbocycles. The van der Waals surface area contributed by atoms with Crippen LogP contribution in [0.1, 0.15) is 50.1 Å². The van der Waals surface area contributed by atoms with Gasteiger partial charge in [-0.25, -0.2) is 4.98 Å². The summed E-state index contributed by atoms with van der Waals surface area (Å²) in [5, 5.41) is 17.2. The molecule has 3 rings (SSSR count). The Balaban J connectivity index is 1.66. The van der Waals surface area contributed by atoms with Gasteiger partial charge in [0, 0.05) is 18.5 Å². The lowest BCUT2D eigenvalue weighted by molar-refractivity contribution is 0.166. The highest BCUT2D eigenvalue weighted by molar-refractivity contribution is 5.76. The Kier molecular flexibility index (Phi) is 4.76. The van der Waals surface area contributed by atoms with E-state index in [0.717, 1.165) is 48.4 Å². The molecule has 0 aliphatic carbocycles. The Bertz CT molecular complexity index is 616. The average molecular weight is 302 g/mol. The molecule has 1 aliphatic heterocycles. The van der Waals surface area contributed by atoms with E-state index in [1.54, 1.807) is 0 Å². The summed E-state index contributed by atoms with van der Waals surface area (Å²) in [5.41, 5.74) is 2.90. The summed E-state index contributed by atoms with van der Waals surface area (Å²) in [7, 11) is 0. The van der Waals surface area contributed by atoms with Crippen molar-refractivity contribution in [1.82, 2.24) is 20.6 Å². The van der Waals surface area contributed by atoms with Crippen LogP contribution in [0.15, 0.2) is 18.2 Å². The highest BCUT2D eigenvalue weighted by Gasteiger charge is 2.15. The van der Waals surface area contributed by atoms with Crippen molar-refractivity contribution in [3.63, 3.8) is 0 Å². The molecule has 0 saturated carbocycles. The third kappa shape index (κ3) is 3.48. The number of aliphatic hydroxyl groups is 1. The van der Waals surface area contributed by atoms with Gasteiger partial charge in [0.2, 0.25) is 0 Å². The van der Waals surface area contributed by atoms with E-state index < -0.39 is 6.10 Å². The van der Waals surface area contributed by atoms with Crippen LogP contribution in [-0.2, 0) is 0 Å². The number of imidazole rings is 1. The van der Waals surface area contributed by atoms with Gasteiger partial charge in [0.25, 0.3) is 0 Å². The van der Waals surface area contributed by atoms with Crippen LogP contribution in [0.4, 0.5) is 0 Å². The van der Waals surface area contributed by atoms with Gasteiger partial charge in [-0.2, -0.15) is 0 Å². The van der Waals surface area contributed by atoms with Crippen LogP contribution < -0.4 is 10.6 Å². The Morgan fingerprint density at radius 1 is 1.32 bits per heavy atom. The molecule has 0 spiro atoms. The van der Waals surface area contributed by atoms with Crippen LogP contribution in [0.5, 0.6) is 0 Å². The van der Waals surface area contributed by atoms with Crippen molar-refractivity contribution in [3.8, 4) is 0 Å². The van der Waals surface area contributed by atoms with Crippen molar-refractivity contribution in [2.24, 2.45) is 0 Å². The zero-order chi connectivity index (χ0) is 15.5. The van der Waals surface area contributed by atoms with Gasteiger partial charge in [-0.15, -0.1) is 0 Å². The van der Waals surface area contributed by atoms with Crippen LogP contribution >= 0.6 is 0 Å². The van der Waals surface area contributed by atoms with Crippen molar-refractivity contribution in [3.05, 3.63) is 29.6 Å². The average Bonchev–Trinajstić information content (AvgIpc) is 2.97. The summed E-state index contributed by atoms with van der Waals surface area (Å²) in [6.07, 6.45) is 1.78. The smallest absolute Gasteiger partial charge is 0.109 e. The van der Waals surface area contributed by atoms with E-state index in [9.17, 15) is 5.11 Å². The van der Waals surface area contributed by atoms with E-state index in [-0.39, 0.29) is 0 Å². The summed E-state index contributed by atoms with van der Waals surface area (Å²) in [5.74, 6) is 1.37. The maximum Gasteiger partial charge on any atom is 0.109 e. The third-order valence-electron chi connectivity index (χ3n) is 4.39. The van der Waals surface area contributed by atoms with Crippen molar-refractivity contribution in [2.45, 2.75) is 44.8 Å². The summed E-state index contributed by atoms with van der Waals surface area (Å²) in [4.78, 5) is 7.92. The molecule has 0 bridgehead atoms. The van der Waals surface area contributed by atoms with Gasteiger partial charge in [-0.1, -0.05) is 19.9 Å². The number of H-pyrrole nitrogens is 1. The Labute approximate surface area is 131 Å². The number of nitrogens with zero attached hydrogens (tertiary/aromatic N) is 1. The minimum absolute atomic E-state index is 0.377. The second-order valence-electron chi connectivity index (χ2n) is 6.50. The molecular weight excluding hydrogens is 276 g/mol. The van der Waals surface area contributed by atoms with Crippen LogP contribution in [0.25, 0.3) is 11.0 Å². The number of aromatic amines is 1. The summed E-state index contributed by atoms with van der Waals surface area (Å²) >= 11 is 0. The summed E-state index contributed by atoms with van der Waals surface area (Å²) in [6.45, 7) is 6.96. The first-order valence-corrected chi connectivity index (χ1v) is 8.25. The molecule has 1 atom stereocenters. The normalized spacial score (nSPS) is 18.2. The van der Waals surface area contributed by atoms with E-state index in [1.165, 1.54) is 0 Å². The second kappa shape index (κ2) is 6.77. The maximum absolute atomic E-state index is 10.4. The van der Waals surface area contributed by atoms with Gasteiger partial charge in [0.15, 0.2) is 0 Å². The summed E-state index contributed by atoms with van der Waals surface area (Å²) < 4.78 is 0. The van der Waals surface area contributed by atoms with Crippen molar-refractivity contribution >= 4 is 11.0 Å². The lowest BCUT2D eigenvalue weighted by Gasteiger charge is -2.25. The molecule has 1 saturated heterocycles. The lowest BCUT2D eigenvalue weighted by atomic mass is 10.0. The zero-order valence-electron chi connectivity index (χ0n) is 13.4. The molecule has 5 heteroatoms. The van der Waals surface area contributed by atoms with Crippen molar-refractivity contribution in [1.29, 1.82) is 0 Å². The largest absolute Gasteiger partial charge is 0.387 e. The third-order valence-corrected chi connectivity index (χ3v) is 4.39. The molecular formula is C17H26N4O. The van der Waals surface area contributed by atoms with E-state index >= 15 is 0 Å². The fourth-order valence-electron chi connectivity index (χ4n) is 2.95. The van der Waals surface area contributed by atoms with E-state index in [2.05, 4.69) is 34.4 Å². The minimum Gasteiger partial charge on any atom is -0.387 e. The molecule has 1 fully saturated rings. The number of rotatable bonds is 5. The van der Waals surface area contributed by atoms with Gasteiger partial charge in [0.05, 0.1) is 17.1 Å². The molecule has 1 aliphatic rings. The predicted octanol–water partition coefficient (Wildman–Crippen LogP) is 2.06. The molecule has 4 N–H and O–H groups in total. The van der Waals surface area contributed by atoms with E-state index in [1.807, 2.05) is 18.2 Å². The number of fused-ring (bicyclic) bond motifs is 1. The molecule has 2 heterocycles. The number of nitrogens with one attached hydrogen (secondary N) is 3. The molecule has 1 aromatic heterocycles. The highest BCUT2D eigenvalue weighted by Crippen LogP contribution is 2.21. The number of piperidine rings is 1. The minimum atomic E-state index is -0.481. The van der Waals surface area contributed by atoms with Gasteiger partial charge >= 0.3 is 0 Å². The van der Waals surface area contributed by atoms with Crippen LogP contribution in [0.3, 0.4) is 0 Å². The first-order chi connectivity index (χ1) is 10.6. The Hall–Kier alpha value is -1.43. The van der Waals surface area contributed by atoms with Crippen molar-refractivity contribution < 1.29 is 5.11 Å². The Morgan fingerprint density at radius 2 is 2.09 bits per heavy atom. The second-order valence-corrected chi connectivity index (χ2v) is 6.50. The molecule has 120 valence electrons. The predicted molar refractivity (Wildman–Crippen MR) is 89.0 cm³/mol. The fraction of sp³-hybridized carbons (Fsp3) is 0.588. The molecule has 2 aromatic rings. The fourth-order valence-corrected chi connectivity index (χ4v) is 2.95. The quantitative estimate of drug-likeness (QED) is 0.682. The van der Waals surface area contributed by atoms with Crippen LogP contribution in [0, 0.1) is 0 Å². The lowest BCUT2D eigenvalue weighted by Crippen LogP contribution is -2.41. The standard InChI is InChI=1S/C17H26N4O/c1-11(2)17-20-14-4-3-12(9-15(14)21-17)16(22)10-19-13-5-7-18-8-6-13/h3-4,9,11,13,16,18-19,22H,5-8,10H2,1-2H3,(H,20,21). The first-order valence-electron chi connectivity index (χ1n) is 8.25. The van der Waals surface area contributed by atoms with Gasteiger partial charge in [-0.3, -0.25) is 0 Å². The van der Waals surface area contributed by atoms with Crippen molar-refractivity contribution in [2.75, 3.05) is 19.6 Å². The van der Waals surface area contributed by atoms with Crippen LogP contribution in [-0.4, -0.2) is 40.8 Å². The highest BCUT2D eigenvalue weighted by atomic mass is 16.3. The molecule has 0 amide bonds. The number of benzene rings is 1. The number of aliphatic hydroxyl groups excluding tert-OH is 1. The number of hydrogen-bond donors (Lipinski definition) is 4. The monoisotopic (exact) mass is 302 g/mol. The topological polar surface area (TPSA) is 73.0 Å². The van der Waals surface area contributed by atoms with Gasteiger partial charge in [0.1, 0.15) is 5.82 Å². The molecule has 1 unspecified atom stereocenters. The molecule has 0 radical (unpaired) electrons. The summed E-state index contributed by atoms with van der Waals surface area (Å²) in [6, 6.07) is 6.49. The number of hydrogen-bond acceptors (Lipinski definition) is 4. The zero-order valence-corrected chi connectivity index (χ0v) is 13.4. The van der Waals surface area contributed by atoms with Crippen LogP contribution in [0.2, 0.25) is 0 Å². The van der Waals surface area contributed by atoms with Gasteiger partial charge in [-0.05, 0) is 43.6 Å². The Morgan fingerprint density at radius 3 is 2.82 bits per heavy atom. The van der Waals surface area contributed by atoms with Gasteiger partial charge < -0.3 is 20.7 Å². The maximum atomic E-state index is 10.4. The van der Waals surface area contributed by atoms with E-state index in [0.29, 0.717) is 18.5 Å². The molecule has 5 nitrogen and oxygen atoms in total. The first kappa shape index (κ1) is 15.5.